The van der Waals surface area contributed by atoms with Crippen LogP contribution < -0.4 is 5.32 Å². The highest BCUT2D eigenvalue weighted by atomic mass is 32.2. The molecule has 1 fully saturated rings. The van der Waals surface area contributed by atoms with Gasteiger partial charge >= 0.3 is 0 Å². The highest BCUT2D eigenvalue weighted by Crippen LogP contribution is 2.17. The first-order valence-electron chi connectivity index (χ1n) is 6.61. The second kappa shape index (κ2) is 6.45. The van der Waals surface area contributed by atoms with Crippen LogP contribution >= 0.6 is 0 Å². The second-order valence-electron chi connectivity index (χ2n) is 5.09. The largest absolute Gasteiger partial charge is 0.317 e. The van der Waals surface area contributed by atoms with Gasteiger partial charge in [0.1, 0.15) is 0 Å². The minimum Gasteiger partial charge on any atom is -0.317 e. The van der Waals surface area contributed by atoms with Gasteiger partial charge < -0.3 is 5.32 Å². The lowest BCUT2D eigenvalue weighted by Gasteiger charge is -2.25. The van der Waals surface area contributed by atoms with Crippen molar-refractivity contribution in [2.75, 3.05) is 25.9 Å². The van der Waals surface area contributed by atoms with Crippen LogP contribution in [0.4, 0.5) is 0 Å². The fourth-order valence-electron chi connectivity index (χ4n) is 2.32. The van der Waals surface area contributed by atoms with E-state index in [0.717, 1.165) is 31.5 Å². The quantitative estimate of drug-likeness (QED) is 0.870. The van der Waals surface area contributed by atoms with Crippen LogP contribution in [0.1, 0.15) is 18.4 Å². The van der Waals surface area contributed by atoms with Crippen molar-refractivity contribution >= 4 is 10.0 Å². The summed E-state index contributed by atoms with van der Waals surface area (Å²) < 4.78 is 26.0. The maximum atomic E-state index is 12.3. The second-order valence-corrected chi connectivity index (χ2v) is 7.21. The Kier molecular flexibility index (Phi) is 4.90. The van der Waals surface area contributed by atoms with Crippen LogP contribution in [-0.2, 0) is 16.6 Å². The Hall–Kier alpha value is -0.980. The van der Waals surface area contributed by atoms with Crippen LogP contribution in [0.5, 0.6) is 0 Å². The summed E-state index contributed by atoms with van der Waals surface area (Å²) in [5, 5.41) is 3.25. The molecule has 0 aromatic carbocycles. The molecule has 1 N–H and O–H groups in total. The van der Waals surface area contributed by atoms with E-state index in [1.54, 1.807) is 19.4 Å². The summed E-state index contributed by atoms with van der Waals surface area (Å²) in [4.78, 5) is 4.01. The van der Waals surface area contributed by atoms with Crippen molar-refractivity contribution in [2.45, 2.75) is 19.4 Å². The summed E-state index contributed by atoms with van der Waals surface area (Å²) in [5.41, 5.74) is 0.916. The van der Waals surface area contributed by atoms with Crippen LogP contribution in [0.3, 0.4) is 0 Å². The Morgan fingerprint density at radius 3 is 2.79 bits per heavy atom. The molecule has 0 atom stereocenters. The molecule has 0 bridgehead atoms. The number of hydrogen-bond acceptors (Lipinski definition) is 4. The molecule has 0 unspecified atom stereocenters. The average Bonchev–Trinajstić information content (AvgIpc) is 2.40. The van der Waals surface area contributed by atoms with Gasteiger partial charge in [-0.05, 0) is 43.5 Å². The highest BCUT2D eigenvalue weighted by Gasteiger charge is 2.24. The highest BCUT2D eigenvalue weighted by molar-refractivity contribution is 7.89. The average molecular weight is 283 g/mol. The van der Waals surface area contributed by atoms with Gasteiger partial charge in [0.15, 0.2) is 0 Å². The molecule has 1 aliphatic heterocycles. The van der Waals surface area contributed by atoms with Crippen LogP contribution in [0.15, 0.2) is 24.5 Å². The van der Waals surface area contributed by atoms with Crippen LogP contribution in [-0.4, -0.2) is 43.6 Å². The molecule has 19 heavy (non-hydrogen) atoms. The van der Waals surface area contributed by atoms with Crippen molar-refractivity contribution in [3.8, 4) is 0 Å². The van der Waals surface area contributed by atoms with Crippen molar-refractivity contribution in [3.05, 3.63) is 30.1 Å². The van der Waals surface area contributed by atoms with E-state index >= 15 is 0 Å². The zero-order valence-corrected chi connectivity index (χ0v) is 12.1. The Bertz CT molecular complexity index is 484. The molecule has 2 rings (SSSR count). The first kappa shape index (κ1) is 14.4. The third kappa shape index (κ3) is 4.26. The van der Waals surface area contributed by atoms with Gasteiger partial charge in [0.25, 0.3) is 0 Å². The molecule has 0 radical (unpaired) electrons. The van der Waals surface area contributed by atoms with Crippen molar-refractivity contribution in [3.63, 3.8) is 0 Å². The number of nitrogens with zero attached hydrogens (tertiary/aromatic N) is 2. The Morgan fingerprint density at radius 1 is 1.42 bits per heavy atom. The first-order valence-corrected chi connectivity index (χ1v) is 8.22. The van der Waals surface area contributed by atoms with E-state index in [4.69, 9.17) is 0 Å². The number of rotatable bonds is 5. The summed E-state index contributed by atoms with van der Waals surface area (Å²) in [5.74, 6) is 0.536. The molecule has 1 saturated heterocycles. The van der Waals surface area contributed by atoms with E-state index < -0.39 is 10.0 Å². The summed E-state index contributed by atoms with van der Waals surface area (Å²) >= 11 is 0. The Morgan fingerprint density at radius 2 is 2.16 bits per heavy atom. The van der Waals surface area contributed by atoms with Gasteiger partial charge in [-0.15, -0.1) is 0 Å². The van der Waals surface area contributed by atoms with E-state index in [2.05, 4.69) is 10.3 Å². The molecule has 1 aliphatic rings. The lowest BCUT2D eigenvalue weighted by Crippen LogP contribution is -2.36. The zero-order valence-electron chi connectivity index (χ0n) is 11.2. The maximum absolute atomic E-state index is 12.3. The van der Waals surface area contributed by atoms with Crippen molar-refractivity contribution in [2.24, 2.45) is 5.92 Å². The number of aromatic nitrogens is 1. The van der Waals surface area contributed by atoms with Crippen LogP contribution in [0.2, 0.25) is 0 Å². The fraction of sp³-hybridized carbons (Fsp3) is 0.615. The first-order chi connectivity index (χ1) is 9.08. The molecule has 5 nitrogen and oxygen atoms in total. The predicted octanol–water partition coefficient (Wildman–Crippen LogP) is 0.843. The molecule has 1 aromatic heterocycles. The maximum Gasteiger partial charge on any atom is 0.214 e. The fourth-order valence-corrected chi connectivity index (χ4v) is 3.85. The van der Waals surface area contributed by atoms with Crippen molar-refractivity contribution in [1.82, 2.24) is 14.6 Å². The molecule has 6 heteroatoms. The van der Waals surface area contributed by atoms with E-state index in [-0.39, 0.29) is 11.7 Å². The lowest BCUT2D eigenvalue weighted by molar-refractivity contribution is 0.388. The summed E-state index contributed by atoms with van der Waals surface area (Å²) in [6.45, 7) is 2.24. The van der Waals surface area contributed by atoms with Crippen molar-refractivity contribution < 1.29 is 8.42 Å². The molecule has 0 spiro atoms. The molecule has 106 valence electrons. The summed E-state index contributed by atoms with van der Waals surface area (Å²) in [6, 6.07) is 3.71. The zero-order chi connectivity index (χ0) is 13.7. The van der Waals surface area contributed by atoms with E-state index in [9.17, 15) is 8.42 Å². The smallest absolute Gasteiger partial charge is 0.214 e. The minimum absolute atomic E-state index is 0.255. The Labute approximate surface area is 115 Å². The van der Waals surface area contributed by atoms with Gasteiger partial charge in [0.2, 0.25) is 10.0 Å². The van der Waals surface area contributed by atoms with Gasteiger partial charge in [0.05, 0.1) is 5.75 Å². The van der Waals surface area contributed by atoms with Gasteiger partial charge in [-0.3, -0.25) is 4.98 Å². The van der Waals surface area contributed by atoms with Gasteiger partial charge in [-0.2, -0.15) is 0 Å². The molecule has 0 saturated carbocycles. The van der Waals surface area contributed by atoms with E-state index in [1.807, 2.05) is 12.1 Å². The molecule has 2 heterocycles. The molecule has 0 aliphatic carbocycles. The number of nitrogens with one attached hydrogen (secondary N) is 1. The van der Waals surface area contributed by atoms with Gasteiger partial charge in [-0.25, -0.2) is 12.7 Å². The normalized spacial score (nSPS) is 17.8. The standard InChI is InChI=1S/C13H21N3O2S/c1-16(10-13-3-2-6-15-9-13)19(17,18)11-12-4-7-14-8-5-12/h2-3,6,9,12,14H,4-5,7-8,10-11H2,1H3. The molecule has 1 aromatic rings. The summed E-state index contributed by atoms with van der Waals surface area (Å²) in [6.07, 6.45) is 5.28. The summed E-state index contributed by atoms with van der Waals surface area (Å²) in [7, 11) is -1.54. The lowest BCUT2D eigenvalue weighted by atomic mass is 10.0. The number of hydrogen-bond donors (Lipinski definition) is 1. The predicted molar refractivity (Wildman–Crippen MR) is 75.1 cm³/mol. The van der Waals surface area contributed by atoms with Crippen molar-refractivity contribution in [1.29, 1.82) is 0 Å². The number of sulfonamides is 1. The molecular formula is C13H21N3O2S. The topological polar surface area (TPSA) is 62.3 Å². The Balaban J connectivity index is 1.94. The monoisotopic (exact) mass is 283 g/mol. The number of piperidine rings is 1. The third-order valence-electron chi connectivity index (χ3n) is 3.51. The van der Waals surface area contributed by atoms with Gasteiger partial charge in [0, 0.05) is 26.0 Å². The van der Waals surface area contributed by atoms with Crippen LogP contribution in [0, 0.1) is 5.92 Å². The molecule has 0 amide bonds. The minimum atomic E-state index is -3.18. The van der Waals surface area contributed by atoms with Crippen LogP contribution in [0.25, 0.3) is 0 Å². The van der Waals surface area contributed by atoms with E-state index in [1.165, 1.54) is 4.31 Å². The van der Waals surface area contributed by atoms with E-state index in [0.29, 0.717) is 6.54 Å². The molecular weight excluding hydrogens is 262 g/mol. The SMILES string of the molecule is CN(Cc1cccnc1)S(=O)(=O)CC1CCNCC1. The van der Waals surface area contributed by atoms with Gasteiger partial charge in [-0.1, -0.05) is 6.07 Å². The number of pyridine rings is 1. The third-order valence-corrected chi connectivity index (χ3v) is 5.48.